The Kier molecular flexibility index (Phi) is 7.11. The first kappa shape index (κ1) is 17.8. The number of nitrogens with one attached hydrogen (secondary N) is 1. The molecule has 0 fully saturated rings. The molecule has 0 spiro atoms. The van der Waals surface area contributed by atoms with Crippen LogP contribution in [0.1, 0.15) is 12.5 Å². The molecule has 2 aromatic carbocycles. The summed E-state index contributed by atoms with van der Waals surface area (Å²) in [5.41, 5.74) is 1.81. The number of anilines is 1. The van der Waals surface area contributed by atoms with E-state index in [0.29, 0.717) is 25.6 Å². The molecule has 0 aliphatic rings. The van der Waals surface area contributed by atoms with E-state index < -0.39 is 0 Å². The van der Waals surface area contributed by atoms with Crippen LogP contribution in [0.2, 0.25) is 0 Å². The predicted octanol–water partition coefficient (Wildman–Crippen LogP) is 3.43. The van der Waals surface area contributed by atoms with Gasteiger partial charge in [0.05, 0.1) is 6.61 Å². The van der Waals surface area contributed by atoms with Crippen LogP contribution in [0, 0.1) is 6.92 Å². The van der Waals surface area contributed by atoms with E-state index in [-0.39, 0.29) is 12.5 Å². The third-order valence-electron chi connectivity index (χ3n) is 3.31. The van der Waals surface area contributed by atoms with Crippen molar-refractivity contribution in [1.29, 1.82) is 0 Å². The first-order valence-corrected chi connectivity index (χ1v) is 7.98. The standard InChI is InChI=1S/C19H23NO4/c1-3-22-12-13-23-16-8-10-17(11-9-16)24-14-19(21)20-18-7-5-4-6-15(18)2/h4-11H,3,12-14H2,1-2H3,(H,20,21). The average molecular weight is 329 g/mol. The lowest BCUT2D eigenvalue weighted by molar-refractivity contribution is -0.118. The van der Waals surface area contributed by atoms with Crippen LogP contribution in [0.5, 0.6) is 11.5 Å². The second-order valence-corrected chi connectivity index (χ2v) is 5.17. The van der Waals surface area contributed by atoms with E-state index >= 15 is 0 Å². The molecule has 5 nitrogen and oxygen atoms in total. The fraction of sp³-hybridized carbons (Fsp3) is 0.316. The summed E-state index contributed by atoms with van der Waals surface area (Å²) in [4.78, 5) is 11.9. The van der Waals surface area contributed by atoms with Gasteiger partial charge in [0.15, 0.2) is 6.61 Å². The number of carbonyl (C=O) groups is 1. The summed E-state index contributed by atoms with van der Waals surface area (Å²) in [6.45, 7) is 5.60. The van der Waals surface area contributed by atoms with E-state index in [1.165, 1.54) is 0 Å². The van der Waals surface area contributed by atoms with Crippen LogP contribution in [0.4, 0.5) is 5.69 Å². The molecule has 2 aromatic rings. The third kappa shape index (κ3) is 5.93. The maximum Gasteiger partial charge on any atom is 0.262 e. The summed E-state index contributed by atoms with van der Waals surface area (Å²) < 4.78 is 16.2. The van der Waals surface area contributed by atoms with Crippen LogP contribution in [-0.2, 0) is 9.53 Å². The van der Waals surface area contributed by atoms with E-state index in [2.05, 4.69) is 5.32 Å². The highest BCUT2D eigenvalue weighted by Crippen LogP contribution is 2.18. The van der Waals surface area contributed by atoms with Crippen LogP contribution in [0.15, 0.2) is 48.5 Å². The molecule has 5 heteroatoms. The Hall–Kier alpha value is -2.53. The molecule has 0 saturated heterocycles. The number of hydrogen-bond acceptors (Lipinski definition) is 4. The molecule has 0 aliphatic heterocycles. The minimum absolute atomic E-state index is 0.0428. The topological polar surface area (TPSA) is 56.8 Å². The van der Waals surface area contributed by atoms with E-state index in [1.54, 1.807) is 24.3 Å². The predicted molar refractivity (Wildman–Crippen MR) is 93.7 cm³/mol. The monoisotopic (exact) mass is 329 g/mol. The Labute approximate surface area is 142 Å². The molecule has 0 heterocycles. The molecule has 24 heavy (non-hydrogen) atoms. The minimum atomic E-state index is -0.193. The van der Waals surface area contributed by atoms with Gasteiger partial charge in [0.2, 0.25) is 0 Å². The second kappa shape index (κ2) is 9.57. The van der Waals surface area contributed by atoms with Gasteiger partial charge in [0, 0.05) is 12.3 Å². The van der Waals surface area contributed by atoms with Gasteiger partial charge in [-0.3, -0.25) is 4.79 Å². The Morgan fingerprint density at radius 3 is 2.29 bits per heavy atom. The SMILES string of the molecule is CCOCCOc1ccc(OCC(=O)Nc2ccccc2C)cc1. The van der Waals surface area contributed by atoms with Crippen LogP contribution in [-0.4, -0.2) is 32.3 Å². The minimum Gasteiger partial charge on any atom is -0.491 e. The molecule has 2 rings (SSSR count). The molecule has 1 amide bonds. The molecule has 0 radical (unpaired) electrons. The van der Waals surface area contributed by atoms with E-state index in [1.807, 2.05) is 38.1 Å². The summed E-state index contributed by atoms with van der Waals surface area (Å²) in [7, 11) is 0. The van der Waals surface area contributed by atoms with Crippen LogP contribution >= 0.6 is 0 Å². The number of aryl methyl sites for hydroxylation is 1. The number of ether oxygens (including phenoxy) is 3. The molecule has 0 aliphatic carbocycles. The van der Waals surface area contributed by atoms with Crippen molar-refractivity contribution in [3.8, 4) is 11.5 Å². The molecule has 0 unspecified atom stereocenters. The van der Waals surface area contributed by atoms with Gasteiger partial charge in [-0.05, 0) is 49.7 Å². The van der Waals surface area contributed by atoms with Gasteiger partial charge < -0.3 is 19.5 Å². The van der Waals surface area contributed by atoms with Crippen LogP contribution < -0.4 is 14.8 Å². The first-order valence-electron chi connectivity index (χ1n) is 7.98. The van der Waals surface area contributed by atoms with Gasteiger partial charge in [-0.15, -0.1) is 0 Å². The highest BCUT2D eigenvalue weighted by Gasteiger charge is 2.05. The van der Waals surface area contributed by atoms with Crippen molar-refractivity contribution in [1.82, 2.24) is 0 Å². The summed E-state index contributed by atoms with van der Waals surface area (Å²) in [6, 6.07) is 14.8. The number of hydrogen-bond donors (Lipinski definition) is 1. The smallest absolute Gasteiger partial charge is 0.262 e. The molecule has 0 aromatic heterocycles. The highest BCUT2D eigenvalue weighted by atomic mass is 16.5. The number of benzene rings is 2. The number of rotatable bonds is 9. The van der Waals surface area contributed by atoms with Crippen molar-refractivity contribution < 1.29 is 19.0 Å². The van der Waals surface area contributed by atoms with E-state index in [0.717, 1.165) is 17.0 Å². The van der Waals surface area contributed by atoms with Gasteiger partial charge in [-0.2, -0.15) is 0 Å². The maximum atomic E-state index is 11.9. The molecule has 128 valence electrons. The van der Waals surface area contributed by atoms with Crippen molar-refractivity contribution in [2.75, 3.05) is 31.7 Å². The lowest BCUT2D eigenvalue weighted by Crippen LogP contribution is -2.20. The Morgan fingerprint density at radius 1 is 0.958 bits per heavy atom. The number of carbonyl (C=O) groups excluding carboxylic acids is 1. The molecule has 0 bridgehead atoms. The lowest BCUT2D eigenvalue weighted by Gasteiger charge is -2.10. The molecular formula is C19H23NO4. The van der Waals surface area contributed by atoms with Crippen LogP contribution in [0.3, 0.4) is 0 Å². The number of para-hydroxylation sites is 1. The quantitative estimate of drug-likeness (QED) is 0.716. The third-order valence-corrected chi connectivity index (χ3v) is 3.31. The van der Waals surface area contributed by atoms with Gasteiger partial charge in [-0.25, -0.2) is 0 Å². The molecule has 0 saturated carbocycles. The maximum absolute atomic E-state index is 11.9. The zero-order valence-electron chi connectivity index (χ0n) is 14.1. The highest BCUT2D eigenvalue weighted by molar-refractivity contribution is 5.92. The Balaban J connectivity index is 1.75. The summed E-state index contributed by atoms with van der Waals surface area (Å²) in [5, 5.41) is 2.83. The van der Waals surface area contributed by atoms with Gasteiger partial charge >= 0.3 is 0 Å². The molecular weight excluding hydrogens is 306 g/mol. The zero-order chi connectivity index (χ0) is 17.2. The fourth-order valence-corrected chi connectivity index (χ4v) is 2.04. The van der Waals surface area contributed by atoms with Crippen molar-refractivity contribution in [3.63, 3.8) is 0 Å². The zero-order valence-corrected chi connectivity index (χ0v) is 14.1. The molecule has 0 atom stereocenters. The second-order valence-electron chi connectivity index (χ2n) is 5.17. The van der Waals surface area contributed by atoms with E-state index in [9.17, 15) is 4.79 Å². The normalized spacial score (nSPS) is 10.2. The van der Waals surface area contributed by atoms with Gasteiger partial charge in [0.1, 0.15) is 18.1 Å². The summed E-state index contributed by atoms with van der Waals surface area (Å²) in [5.74, 6) is 1.17. The Morgan fingerprint density at radius 2 is 1.62 bits per heavy atom. The van der Waals surface area contributed by atoms with Gasteiger partial charge in [0.25, 0.3) is 5.91 Å². The first-order chi connectivity index (χ1) is 11.7. The van der Waals surface area contributed by atoms with Crippen LogP contribution in [0.25, 0.3) is 0 Å². The largest absolute Gasteiger partial charge is 0.491 e. The van der Waals surface area contributed by atoms with Crippen molar-refractivity contribution in [2.45, 2.75) is 13.8 Å². The summed E-state index contributed by atoms with van der Waals surface area (Å²) in [6.07, 6.45) is 0. The van der Waals surface area contributed by atoms with E-state index in [4.69, 9.17) is 14.2 Å². The number of amides is 1. The molecule has 1 N–H and O–H groups in total. The summed E-state index contributed by atoms with van der Waals surface area (Å²) >= 11 is 0. The average Bonchev–Trinajstić information content (AvgIpc) is 2.60. The van der Waals surface area contributed by atoms with Gasteiger partial charge in [-0.1, -0.05) is 18.2 Å². The fourth-order valence-electron chi connectivity index (χ4n) is 2.04. The van der Waals surface area contributed by atoms with Crippen molar-refractivity contribution in [2.24, 2.45) is 0 Å². The Bertz CT molecular complexity index is 640. The lowest BCUT2D eigenvalue weighted by atomic mass is 10.2. The van der Waals surface area contributed by atoms with Crippen molar-refractivity contribution in [3.05, 3.63) is 54.1 Å². The van der Waals surface area contributed by atoms with Crippen molar-refractivity contribution >= 4 is 11.6 Å².